The molecule has 136 valence electrons. The second kappa shape index (κ2) is 7.21. The number of aryl methyl sites for hydroxylation is 1. The molecule has 4 rings (SSSR count). The molecule has 0 atom stereocenters. The summed E-state index contributed by atoms with van der Waals surface area (Å²) >= 11 is 6.71. The number of aromatic hydroxyl groups is 1. The Bertz CT molecular complexity index is 1200. The van der Waals surface area contributed by atoms with E-state index in [-0.39, 0.29) is 11.8 Å². The zero-order chi connectivity index (χ0) is 19.0. The minimum Gasteiger partial charge on any atom is -0.493 e. The monoisotopic (exact) mass is 394 g/mol. The second-order valence-corrected chi connectivity index (χ2v) is 8.08. The van der Waals surface area contributed by atoms with Crippen molar-refractivity contribution in [2.45, 2.75) is 26.2 Å². The van der Waals surface area contributed by atoms with Gasteiger partial charge in [0, 0.05) is 5.22 Å². The number of nitrogens with zero attached hydrogens (tertiary/aromatic N) is 2. The summed E-state index contributed by atoms with van der Waals surface area (Å²) in [5, 5.41) is 12.2. The van der Waals surface area contributed by atoms with Crippen molar-refractivity contribution in [3.63, 3.8) is 0 Å². The first-order valence-electron chi connectivity index (χ1n) is 8.87. The van der Waals surface area contributed by atoms with Crippen LogP contribution in [0.2, 0.25) is 0 Å². The minimum absolute atomic E-state index is 0.0124. The highest BCUT2D eigenvalue weighted by atomic mass is 32.1. The summed E-state index contributed by atoms with van der Waals surface area (Å²) in [6, 6.07) is 15.4. The van der Waals surface area contributed by atoms with E-state index in [1.165, 1.54) is 16.9 Å². The fourth-order valence-electron chi connectivity index (χ4n) is 3.23. The van der Waals surface area contributed by atoms with Gasteiger partial charge >= 0.3 is 0 Å². The Balaban J connectivity index is 1.82. The van der Waals surface area contributed by atoms with Gasteiger partial charge in [-0.1, -0.05) is 43.7 Å². The number of para-hydroxylation sites is 1. The van der Waals surface area contributed by atoms with Gasteiger partial charge in [-0.05, 0) is 48.8 Å². The summed E-state index contributed by atoms with van der Waals surface area (Å²) in [7, 11) is 0. The average Bonchev–Trinajstić information content (AvgIpc) is 3.15. The number of fused-ring (bicyclic) bond motifs is 1. The number of hydrogen-bond donors (Lipinski definition) is 1. The summed E-state index contributed by atoms with van der Waals surface area (Å²) in [6.45, 7) is 2.17. The third-order valence-corrected chi connectivity index (χ3v) is 6.02. The average molecular weight is 395 g/mol. The molecule has 27 heavy (non-hydrogen) atoms. The van der Waals surface area contributed by atoms with Gasteiger partial charge in [0.1, 0.15) is 4.88 Å². The van der Waals surface area contributed by atoms with E-state index in [1.54, 1.807) is 10.6 Å². The number of benzene rings is 2. The molecular formula is C21H18N2O2S2. The molecule has 0 fully saturated rings. The van der Waals surface area contributed by atoms with Crippen LogP contribution in [0.15, 0.2) is 53.5 Å². The van der Waals surface area contributed by atoms with Crippen molar-refractivity contribution < 1.29 is 9.90 Å². The molecule has 0 aliphatic carbocycles. The lowest BCUT2D eigenvalue weighted by Crippen LogP contribution is -2.22. The number of unbranched alkanes of at least 4 members (excludes halogenated alkanes) is 1. The van der Waals surface area contributed by atoms with Gasteiger partial charge in [0.05, 0.1) is 16.6 Å². The van der Waals surface area contributed by atoms with E-state index < -0.39 is 0 Å². The van der Waals surface area contributed by atoms with Gasteiger partial charge in [-0.2, -0.15) is 0 Å². The molecule has 3 aromatic rings. The van der Waals surface area contributed by atoms with E-state index in [9.17, 15) is 9.90 Å². The van der Waals surface area contributed by atoms with Gasteiger partial charge in [-0.25, -0.2) is 4.99 Å². The molecule has 1 aliphatic heterocycles. The molecular weight excluding hydrogens is 376 g/mol. The third kappa shape index (κ3) is 3.15. The first kappa shape index (κ1) is 17.8. The lowest BCUT2D eigenvalue weighted by molar-refractivity contribution is -0.112. The normalized spacial score (nSPS) is 12.9. The van der Waals surface area contributed by atoms with Crippen molar-refractivity contribution in [2.75, 3.05) is 0 Å². The van der Waals surface area contributed by atoms with Crippen molar-refractivity contribution in [3.05, 3.63) is 73.5 Å². The molecule has 1 aromatic heterocycles. The van der Waals surface area contributed by atoms with Crippen LogP contribution >= 0.6 is 23.6 Å². The fourth-order valence-corrected chi connectivity index (χ4v) is 4.61. The fraction of sp³-hybridized carbons (Fsp3) is 0.190. The van der Waals surface area contributed by atoms with E-state index >= 15 is 0 Å². The highest BCUT2D eigenvalue weighted by Crippen LogP contribution is 2.34. The van der Waals surface area contributed by atoms with Crippen LogP contribution in [-0.2, 0) is 11.2 Å². The Hall–Kier alpha value is -2.57. The molecule has 0 saturated heterocycles. The van der Waals surface area contributed by atoms with Crippen LogP contribution in [0.4, 0.5) is 0 Å². The molecule has 1 amide bonds. The van der Waals surface area contributed by atoms with Crippen LogP contribution in [0.5, 0.6) is 5.88 Å². The molecule has 2 aromatic carbocycles. The summed E-state index contributed by atoms with van der Waals surface area (Å²) < 4.78 is 2.11. The Morgan fingerprint density at radius 3 is 2.63 bits per heavy atom. The summed E-state index contributed by atoms with van der Waals surface area (Å²) in [5.74, 6) is -0.355. The van der Waals surface area contributed by atoms with Gasteiger partial charge in [0.2, 0.25) is 5.88 Å². The molecule has 0 saturated carbocycles. The Morgan fingerprint density at radius 2 is 1.89 bits per heavy atom. The van der Waals surface area contributed by atoms with Gasteiger partial charge in [-0.3, -0.25) is 9.36 Å². The number of carbonyl (C=O) groups is 1. The predicted octanol–water partition coefficient (Wildman–Crippen LogP) is 3.68. The van der Waals surface area contributed by atoms with Crippen LogP contribution in [-0.4, -0.2) is 15.6 Å². The first-order valence-corrected chi connectivity index (χ1v) is 10.1. The molecule has 1 N–H and O–H groups in total. The van der Waals surface area contributed by atoms with Crippen LogP contribution in [0.25, 0.3) is 11.3 Å². The van der Waals surface area contributed by atoms with E-state index in [1.807, 2.05) is 30.3 Å². The van der Waals surface area contributed by atoms with E-state index in [2.05, 4.69) is 24.0 Å². The number of rotatable bonds is 5. The summed E-state index contributed by atoms with van der Waals surface area (Å²) in [5.41, 5.74) is 2.46. The van der Waals surface area contributed by atoms with Crippen molar-refractivity contribution in [1.82, 2.24) is 4.57 Å². The minimum atomic E-state index is -0.343. The number of thiazole rings is 1. The second-order valence-electron chi connectivity index (χ2n) is 6.44. The van der Waals surface area contributed by atoms with Crippen LogP contribution in [0, 0.1) is 3.95 Å². The third-order valence-electron chi connectivity index (χ3n) is 4.64. The number of carbonyl (C=O) groups excluding carboxylic acids is 1. The largest absolute Gasteiger partial charge is 0.493 e. The van der Waals surface area contributed by atoms with E-state index in [0.29, 0.717) is 19.8 Å². The maximum Gasteiger partial charge on any atom is 0.279 e. The highest BCUT2D eigenvalue weighted by Gasteiger charge is 2.25. The summed E-state index contributed by atoms with van der Waals surface area (Å²) in [4.78, 5) is 17.0. The maximum atomic E-state index is 12.4. The van der Waals surface area contributed by atoms with E-state index in [0.717, 1.165) is 30.2 Å². The highest BCUT2D eigenvalue weighted by molar-refractivity contribution is 7.73. The first-order chi connectivity index (χ1) is 13.1. The quantitative estimate of drug-likeness (QED) is 0.672. The number of amides is 1. The van der Waals surface area contributed by atoms with Crippen molar-refractivity contribution >= 4 is 35.0 Å². The topological polar surface area (TPSA) is 54.6 Å². The molecule has 0 bridgehead atoms. The zero-order valence-electron chi connectivity index (χ0n) is 14.8. The van der Waals surface area contributed by atoms with Crippen LogP contribution in [0.1, 0.15) is 30.2 Å². The van der Waals surface area contributed by atoms with Gasteiger partial charge in [0.25, 0.3) is 5.91 Å². The molecule has 4 nitrogen and oxygen atoms in total. The lowest BCUT2D eigenvalue weighted by Gasteiger charge is -2.07. The Kier molecular flexibility index (Phi) is 4.76. The Morgan fingerprint density at radius 1 is 1.15 bits per heavy atom. The zero-order valence-corrected chi connectivity index (χ0v) is 16.4. The molecule has 0 spiro atoms. The van der Waals surface area contributed by atoms with Crippen LogP contribution < -0.4 is 10.6 Å². The SMILES string of the molecule is CCCCc1ccc(-n2c(O)c(C3=c4ccccc4=NC3=O)sc2=S)cc1. The predicted molar refractivity (Wildman–Crippen MR) is 109 cm³/mol. The Labute approximate surface area is 165 Å². The van der Waals surface area contributed by atoms with E-state index in [4.69, 9.17) is 12.2 Å². The molecule has 1 aliphatic rings. The molecule has 2 heterocycles. The van der Waals surface area contributed by atoms with Crippen molar-refractivity contribution in [2.24, 2.45) is 4.99 Å². The number of aromatic nitrogens is 1. The molecule has 6 heteroatoms. The standard InChI is InChI=1S/C21H18N2O2S2/c1-2-3-6-13-9-11-14(12-10-13)23-20(25)18(27-21(23)26)17-15-7-4-5-8-16(15)22-19(17)24/h4-5,7-12,25H,2-3,6H2,1H3. The maximum absolute atomic E-state index is 12.4. The van der Waals surface area contributed by atoms with Crippen LogP contribution in [0.3, 0.4) is 0 Å². The number of hydrogen-bond acceptors (Lipinski definition) is 4. The summed E-state index contributed by atoms with van der Waals surface area (Å²) in [6.07, 6.45) is 3.34. The van der Waals surface area contributed by atoms with Crippen molar-refractivity contribution in [1.29, 1.82) is 0 Å². The van der Waals surface area contributed by atoms with Gasteiger partial charge in [0.15, 0.2) is 3.95 Å². The lowest BCUT2D eigenvalue weighted by atomic mass is 10.1. The molecule has 0 unspecified atom stereocenters. The molecule has 0 radical (unpaired) electrons. The van der Waals surface area contributed by atoms with Crippen molar-refractivity contribution in [3.8, 4) is 11.6 Å². The smallest absolute Gasteiger partial charge is 0.279 e. The van der Waals surface area contributed by atoms with Gasteiger partial charge in [-0.15, -0.1) is 11.3 Å². The van der Waals surface area contributed by atoms with Gasteiger partial charge < -0.3 is 5.11 Å².